The monoisotopic (exact) mass is 946 g/mol. The Kier molecular flexibility index (Phi) is 11.1. The highest BCUT2D eigenvalue weighted by molar-refractivity contribution is 6.18. The molecule has 0 N–H and O–H groups in total. The quantitative estimate of drug-likeness (QED) is 0.121. The molecular weight excluding hydrogens is 901 g/mol. The molecule has 0 bridgehead atoms. The van der Waals surface area contributed by atoms with Gasteiger partial charge in [-0.15, -0.1) is 0 Å². The van der Waals surface area contributed by atoms with Crippen LogP contribution in [0.1, 0.15) is 5.56 Å². The number of allylic oxidation sites excluding steroid dienone is 4. The van der Waals surface area contributed by atoms with Crippen molar-refractivity contribution in [2.45, 2.75) is 0 Å². The van der Waals surface area contributed by atoms with Gasteiger partial charge in [0.25, 0.3) is 0 Å². The van der Waals surface area contributed by atoms with E-state index in [9.17, 15) is 0 Å². The number of nitrogens with zero attached hydrogens (tertiary/aromatic N) is 4. The summed E-state index contributed by atoms with van der Waals surface area (Å²) in [5.74, 6) is 1.65. The van der Waals surface area contributed by atoms with Crippen LogP contribution >= 0.6 is 0 Å². The second kappa shape index (κ2) is 18.7. The minimum atomic E-state index is 0.543. The summed E-state index contributed by atoms with van der Waals surface area (Å²) >= 11 is 0. The zero-order valence-electron chi connectivity index (χ0n) is 40.4. The SMILES string of the molecule is C=C/C=C(\C=C)c1cc(-c2ccccc2)cc(-c2nc(-c3ccc(-c4ccccc4)cc3)nc(-c3cc(-c4ccccc4)c(-n4c5ccccc5c5cc6c(cc54)oc4ccccc46)c(-c4ccccc4)c3)n2)c1. The van der Waals surface area contributed by atoms with Crippen LogP contribution in [-0.4, -0.2) is 19.5 Å². The molecule has 0 amide bonds. The number of hydrogen-bond acceptors (Lipinski definition) is 4. The van der Waals surface area contributed by atoms with E-state index in [2.05, 4.69) is 230 Å². The number of fused-ring (bicyclic) bond motifs is 6. The lowest BCUT2D eigenvalue weighted by molar-refractivity contribution is 0.669. The van der Waals surface area contributed by atoms with Gasteiger partial charge in [-0.1, -0.05) is 213 Å². The van der Waals surface area contributed by atoms with Crippen molar-refractivity contribution < 1.29 is 4.42 Å². The molecule has 0 spiro atoms. The van der Waals surface area contributed by atoms with Crippen LogP contribution in [0.15, 0.2) is 272 Å². The van der Waals surface area contributed by atoms with Crippen LogP contribution in [0, 0.1) is 0 Å². The fraction of sp³-hybridized carbons (Fsp3) is 0. The van der Waals surface area contributed by atoms with Gasteiger partial charge in [-0.3, -0.25) is 0 Å². The molecule has 5 heteroatoms. The molecular formula is C69H46N4O. The van der Waals surface area contributed by atoms with Crippen molar-refractivity contribution in [3.05, 3.63) is 274 Å². The molecule has 74 heavy (non-hydrogen) atoms. The summed E-state index contributed by atoms with van der Waals surface area (Å²) in [6, 6.07) is 83.1. The summed E-state index contributed by atoms with van der Waals surface area (Å²) in [6.07, 6.45) is 5.64. The molecule has 0 aliphatic rings. The molecule has 0 atom stereocenters. The van der Waals surface area contributed by atoms with Gasteiger partial charge >= 0.3 is 0 Å². The minimum Gasteiger partial charge on any atom is -0.456 e. The normalized spacial score (nSPS) is 11.7. The Hall–Kier alpha value is -9.97. The van der Waals surface area contributed by atoms with E-state index in [1.807, 2.05) is 36.4 Å². The highest BCUT2D eigenvalue weighted by Crippen LogP contribution is 2.45. The molecule has 0 saturated carbocycles. The van der Waals surface area contributed by atoms with Gasteiger partial charge < -0.3 is 8.98 Å². The largest absolute Gasteiger partial charge is 0.456 e. The van der Waals surface area contributed by atoms with Crippen LogP contribution in [-0.2, 0) is 0 Å². The zero-order chi connectivity index (χ0) is 49.5. The molecule has 0 unspecified atom stereocenters. The van der Waals surface area contributed by atoms with Crippen molar-refractivity contribution in [2.24, 2.45) is 0 Å². The summed E-state index contributed by atoms with van der Waals surface area (Å²) in [6.45, 7) is 8.20. The number of aromatic nitrogens is 4. The maximum Gasteiger partial charge on any atom is 0.164 e. The Labute approximate surface area is 429 Å². The molecule has 348 valence electrons. The predicted molar refractivity (Wildman–Crippen MR) is 308 cm³/mol. The smallest absolute Gasteiger partial charge is 0.164 e. The van der Waals surface area contributed by atoms with E-state index in [1.54, 1.807) is 6.08 Å². The molecule has 0 fully saturated rings. The molecule has 5 nitrogen and oxygen atoms in total. The van der Waals surface area contributed by atoms with Crippen molar-refractivity contribution in [3.8, 4) is 84.4 Å². The van der Waals surface area contributed by atoms with Crippen molar-refractivity contribution in [2.75, 3.05) is 0 Å². The van der Waals surface area contributed by atoms with Gasteiger partial charge in [-0.25, -0.2) is 15.0 Å². The first kappa shape index (κ1) is 44.0. The molecule has 0 aliphatic heterocycles. The number of rotatable bonds is 11. The zero-order valence-corrected chi connectivity index (χ0v) is 40.4. The van der Waals surface area contributed by atoms with Gasteiger partial charge in [-0.2, -0.15) is 0 Å². The maximum absolute atomic E-state index is 6.60. The molecule has 0 saturated heterocycles. The van der Waals surface area contributed by atoms with Crippen molar-refractivity contribution in [1.82, 2.24) is 19.5 Å². The first-order chi connectivity index (χ1) is 36.6. The predicted octanol–water partition coefficient (Wildman–Crippen LogP) is 18.3. The molecule has 0 radical (unpaired) electrons. The van der Waals surface area contributed by atoms with Crippen LogP contribution in [0.4, 0.5) is 0 Å². The topological polar surface area (TPSA) is 56.7 Å². The second-order valence-corrected chi connectivity index (χ2v) is 18.4. The minimum absolute atomic E-state index is 0.543. The van der Waals surface area contributed by atoms with E-state index in [1.165, 1.54) is 0 Å². The number of hydrogen-bond donors (Lipinski definition) is 0. The summed E-state index contributed by atoms with van der Waals surface area (Å²) in [7, 11) is 0. The van der Waals surface area contributed by atoms with Crippen LogP contribution in [0.2, 0.25) is 0 Å². The third-order valence-corrected chi connectivity index (χ3v) is 14.0. The van der Waals surface area contributed by atoms with E-state index in [-0.39, 0.29) is 0 Å². The van der Waals surface area contributed by atoms with E-state index in [4.69, 9.17) is 19.4 Å². The van der Waals surface area contributed by atoms with E-state index in [0.29, 0.717) is 17.5 Å². The van der Waals surface area contributed by atoms with E-state index in [0.717, 1.165) is 122 Å². The molecule has 0 aliphatic carbocycles. The van der Waals surface area contributed by atoms with Crippen LogP contribution in [0.25, 0.3) is 134 Å². The highest BCUT2D eigenvalue weighted by Gasteiger charge is 2.24. The summed E-state index contributed by atoms with van der Waals surface area (Å²) in [5, 5.41) is 4.49. The maximum atomic E-state index is 6.60. The van der Waals surface area contributed by atoms with E-state index >= 15 is 0 Å². The van der Waals surface area contributed by atoms with E-state index < -0.39 is 0 Å². The molecule has 10 aromatic carbocycles. The average molecular weight is 947 g/mol. The standard InChI is InChI=1S/C69H46N4O/c1-3-21-45(4-2)52-38-53(47-24-11-6-12-25-47)40-54(39-52)68-70-67(51-36-34-48(35-37-51)46-22-9-5-10-23-46)71-69(72-68)55-41-58(49-26-13-7-14-27-49)66(59(42-55)50-28-15-8-16-29-50)73-62-32-19-17-30-56(62)60-43-61-57-31-18-20-33-64(57)74-65(61)44-63(60)73/h3-44H,1-2H2/b45-21+. The summed E-state index contributed by atoms with van der Waals surface area (Å²) in [4.78, 5) is 16.2. The number of benzene rings is 10. The number of furan rings is 1. The second-order valence-electron chi connectivity index (χ2n) is 18.4. The lowest BCUT2D eigenvalue weighted by Gasteiger charge is -2.21. The molecule has 3 aromatic heterocycles. The van der Waals surface area contributed by atoms with Crippen LogP contribution in [0.3, 0.4) is 0 Å². The number of para-hydroxylation sites is 2. The van der Waals surface area contributed by atoms with Crippen molar-refractivity contribution >= 4 is 49.3 Å². The third-order valence-electron chi connectivity index (χ3n) is 14.0. The van der Waals surface area contributed by atoms with Gasteiger partial charge in [0.15, 0.2) is 17.5 Å². The molecule has 13 rings (SSSR count). The van der Waals surface area contributed by atoms with Crippen LogP contribution < -0.4 is 0 Å². The molecule has 3 heterocycles. The fourth-order valence-electron chi connectivity index (χ4n) is 10.4. The Morgan fingerprint density at radius 1 is 0.365 bits per heavy atom. The fourth-order valence-corrected chi connectivity index (χ4v) is 10.4. The summed E-state index contributed by atoms with van der Waals surface area (Å²) < 4.78 is 9.03. The average Bonchev–Trinajstić information content (AvgIpc) is 4.01. The van der Waals surface area contributed by atoms with Crippen molar-refractivity contribution in [1.29, 1.82) is 0 Å². The summed E-state index contributed by atoms with van der Waals surface area (Å²) in [5.41, 5.74) is 17.8. The van der Waals surface area contributed by atoms with Crippen molar-refractivity contribution in [3.63, 3.8) is 0 Å². The third kappa shape index (κ3) is 7.90. The Morgan fingerprint density at radius 3 is 1.46 bits per heavy atom. The van der Waals surface area contributed by atoms with Gasteiger partial charge in [0, 0.05) is 55.4 Å². The Bertz CT molecular complexity index is 4240. The molecule has 13 aromatic rings. The Balaban J connectivity index is 1.10. The first-order valence-corrected chi connectivity index (χ1v) is 24.8. The van der Waals surface area contributed by atoms with Gasteiger partial charge in [0.1, 0.15) is 11.2 Å². The lowest BCUT2D eigenvalue weighted by Crippen LogP contribution is -2.04. The van der Waals surface area contributed by atoms with Gasteiger partial charge in [0.2, 0.25) is 0 Å². The van der Waals surface area contributed by atoms with Gasteiger partial charge in [0.05, 0.1) is 16.7 Å². The first-order valence-electron chi connectivity index (χ1n) is 24.8. The van der Waals surface area contributed by atoms with Gasteiger partial charge in [-0.05, 0) is 93.0 Å². The lowest BCUT2D eigenvalue weighted by atomic mass is 9.92. The highest BCUT2D eigenvalue weighted by atomic mass is 16.3. The van der Waals surface area contributed by atoms with Crippen LogP contribution in [0.5, 0.6) is 0 Å². The Morgan fingerprint density at radius 2 is 0.851 bits per heavy atom.